The summed E-state index contributed by atoms with van der Waals surface area (Å²) in [6, 6.07) is 1.58. The van der Waals surface area contributed by atoms with Gasteiger partial charge in [0, 0.05) is 50.2 Å². The lowest BCUT2D eigenvalue weighted by Gasteiger charge is -2.38. The number of nitrogens with zero attached hydrogens (tertiary/aromatic N) is 2. The van der Waals surface area contributed by atoms with Crippen molar-refractivity contribution in [1.29, 1.82) is 0 Å². The molecule has 1 saturated carbocycles. The molecule has 1 aliphatic carbocycles. The number of carboxylic acids is 2. The van der Waals surface area contributed by atoms with Crippen molar-refractivity contribution >= 4 is 53.1 Å². The van der Waals surface area contributed by atoms with Gasteiger partial charge in [-0.05, 0) is 80.4 Å². The molecule has 2 fully saturated rings. The molecule has 1 aromatic rings. The number of hydrogen-bond acceptors (Lipinski definition) is 11. The van der Waals surface area contributed by atoms with Gasteiger partial charge in [0.1, 0.15) is 11.8 Å². The minimum absolute atomic E-state index is 0.000868. The molecule has 2 aliphatic rings. The Morgan fingerprint density at radius 2 is 1.47 bits per heavy atom. The number of carboxylic acid groups (broad SMARTS) is 2. The van der Waals surface area contributed by atoms with Crippen molar-refractivity contribution < 1.29 is 53.7 Å². The van der Waals surface area contributed by atoms with Crippen LogP contribution in [0.25, 0.3) is 0 Å². The zero-order chi connectivity index (χ0) is 46.3. The Balaban J connectivity index is 1.75. The summed E-state index contributed by atoms with van der Waals surface area (Å²) in [5.41, 5.74) is 17.2. The van der Waals surface area contributed by atoms with E-state index in [4.69, 9.17) is 22.3 Å². The smallest absolute Gasteiger partial charge is 0.326 e. The van der Waals surface area contributed by atoms with Crippen molar-refractivity contribution in [3.63, 3.8) is 0 Å². The van der Waals surface area contributed by atoms with Crippen molar-refractivity contribution in [3.8, 4) is 5.75 Å². The molecule has 0 spiro atoms. The topological polar surface area (TPSA) is 327 Å². The van der Waals surface area contributed by atoms with Gasteiger partial charge in [0.15, 0.2) is 17.5 Å². The fourth-order valence-corrected chi connectivity index (χ4v) is 7.96. The van der Waals surface area contributed by atoms with Gasteiger partial charge in [0.05, 0.1) is 24.5 Å². The van der Waals surface area contributed by atoms with Crippen molar-refractivity contribution in [2.24, 2.45) is 57.7 Å². The number of aromatic hydroxyl groups is 1. The fraction of sp³-hybridized carbons (Fsp3) is 0.651. The van der Waals surface area contributed by atoms with Gasteiger partial charge in [-0.3, -0.25) is 38.6 Å². The first-order chi connectivity index (χ1) is 29.2. The Kier molecular flexibility index (Phi) is 19.8. The van der Waals surface area contributed by atoms with E-state index >= 15 is 0 Å². The first-order valence-electron chi connectivity index (χ1n) is 21.5. The van der Waals surface area contributed by atoms with Gasteiger partial charge in [-0.2, -0.15) is 0 Å². The highest BCUT2D eigenvalue weighted by Gasteiger charge is 2.43. The number of aliphatic carboxylic acids is 2. The summed E-state index contributed by atoms with van der Waals surface area (Å²) in [6.07, 6.45) is 1.75. The van der Waals surface area contributed by atoms with E-state index < -0.39 is 83.7 Å². The number of Topliss-reactive ketones (excluding diaryl/α,β-unsaturated/α-hetero) is 2. The number of carbonyl (C=O) groups is 8. The number of phenolic OH excluding ortho intramolecular Hbond substituents is 1. The summed E-state index contributed by atoms with van der Waals surface area (Å²) in [4.78, 5) is 110. The lowest BCUT2D eigenvalue weighted by atomic mass is 9.74. The molecule has 1 unspecified atom stereocenters. The molecule has 0 aromatic heterocycles. The highest BCUT2D eigenvalue weighted by atomic mass is 16.4. The molecule has 344 valence electrons. The molecule has 7 atom stereocenters. The van der Waals surface area contributed by atoms with Crippen molar-refractivity contribution in [1.82, 2.24) is 20.9 Å². The average Bonchev–Trinajstić information content (AvgIpc) is 3.69. The number of likely N-dealkylation sites (tertiary alicyclic amines) is 1. The van der Waals surface area contributed by atoms with Crippen LogP contribution in [-0.2, 0) is 44.8 Å². The summed E-state index contributed by atoms with van der Waals surface area (Å²) in [6.45, 7) is 8.05. The van der Waals surface area contributed by atoms with E-state index in [-0.39, 0.29) is 86.5 Å². The van der Waals surface area contributed by atoms with E-state index in [9.17, 15) is 48.6 Å². The third-order valence-electron chi connectivity index (χ3n) is 12.1. The van der Waals surface area contributed by atoms with E-state index in [0.29, 0.717) is 44.2 Å². The third kappa shape index (κ3) is 15.4. The molecule has 19 nitrogen and oxygen atoms in total. The number of carbonyl (C=O) groups excluding carboxylic acids is 6. The molecular formula is C43H66N8O11. The van der Waals surface area contributed by atoms with Gasteiger partial charge in [-0.1, -0.05) is 46.2 Å². The van der Waals surface area contributed by atoms with Crippen molar-refractivity contribution in [3.05, 3.63) is 29.8 Å². The van der Waals surface area contributed by atoms with E-state index in [2.05, 4.69) is 20.9 Å². The summed E-state index contributed by atoms with van der Waals surface area (Å²) < 4.78 is 0. The van der Waals surface area contributed by atoms with E-state index in [1.807, 2.05) is 13.8 Å². The van der Waals surface area contributed by atoms with Crippen molar-refractivity contribution in [2.75, 3.05) is 19.6 Å². The number of aliphatic imine (C=N–C) groups is 1. The van der Waals surface area contributed by atoms with Gasteiger partial charge in [0.2, 0.25) is 23.6 Å². The molecule has 1 heterocycles. The highest BCUT2D eigenvalue weighted by molar-refractivity contribution is 5.96. The Bertz CT molecular complexity index is 1780. The minimum Gasteiger partial charge on any atom is -0.508 e. The number of nitrogens with two attached hydrogens (primary N) is 3. The number of amides is 4. The second-order valence-electron chi connectivity index (χ2n) is 17.1. The molecule has 3 rings (SSSR count). The van der Waals surface area contributed by atoms with Gasteiger partial charge in [0.25, 0.3) is 0 Å². The Morgan fingerprint density at radius 1 is 0.855 bits per heavy atom. The number of nitrogens with one attached hydrogen (secondary N) is 3. The van der Waals surface area contributed by atoms with Gasteiger partial charge in [-0.15, -0.1) is 0 Å². The van der Waals surface area contributed by atoms with Crippen LogP contribution in [0, 0.1) is 35.5 Å². The first-order valence-corrected chi connectivity index (χ1v) is 21.5. The molecule has 62 heavy (non-hydrogen) atoms. The summed E-state index contributed by atoms with van der Waals surface area (Å²) >= 11 is 0. The first kappa shape index (κ1) is 50.8. The monoisotopic (exact) mass is 870 g/mol. The minimum atomic E-state index is -1.44. The Hall–Kier alpha value is -5.59. The predicted octanol–water partition coefficient (Wildman–Crippen LogP) is 0.831. The summed E-state index contributed by atoms with van der Waals surface area (Å²) in [5, 5.41) is 36.8. The van der Waals surface area contributed by atoms with Crippen molar-refractivity contribution in [2.45, 2.75) is 122 Å². The van der Waals surface area contributed by atoms with Crippen LogP contribution in [0.15, 0.2) is 29.3 Å². The quantitative estimate of drug-likeness (QED) is 0.0354. The molecular weight excluding hydrogens is 805 g/mol. The van der Waals surface area contributed by atoms with Crippen LogP contribution >= 0.6 is 0 Å². The largest absolute Gasteiger partial charge is 0.508 e. The Labute approximate surface area is 362 Å². The molecule has 1 aliphatic heterocycles. The Morgan fingerprint density at radius 3 is 2.05 bits per heavy atom. The van der Waals surface area contributed by atoms with Crippen LogP contribution in [0.2, 0.25) is 0 Å². The number of guanidine groups is 1. The van der Waals surface area contributed by atoms with E-state index in [1.165, 1.54) is 17.0 Å². The predicted molar refractivity (Wildman–Crippen MR) is 228 cm³/mol. The number of phenols is 1. The maximum atomic E-state index is 14.3. The zero-order valence-electron chi connectivity index (χ0n) is 36.2. The van der Waals surface area contributed by atoms with Gasteiger partial charge >= 0.3 is 11.9 Å². The SMILES string of the molecule is CCC(C)[C@H](CC(=O)[C@H](Cc1ccc(O)cc1)NC(=O)[C@@H](CC(=O)[C@H](CCCN=C(N)N)NC(=O)[C@@H](N)CC(=O)O)C(C)C)C(=O)NCC1CC(C(=O)N2CCC[C@H]2C(=O)O)C1. The van der Waals surface area contributed by atoms with Gasteiger partial charge in [-0.25, -0.2) is 4.79 Å². The maximum absolute atomic E-state index is 14.3. The number of benzene rings is 1. The number of hydrogen-bond donors (Lipinski definition) is 9. The average molecular weight is 871 g/mol. The van der Waals surface area contributed by atoms with Crippen LogP contribution in [0.3, 0.4) is 0 Å². The zero-order valence-corrected chi connectivity index (χ0v) is 36.2. The molecule has 12 N–H and O–H groups in total. The molecule has 1 saturated heterocycles. The highest BCUT2D eigenvalue weighted by Crippen LogP contribution is 2.36. The molecule has 4 amide bonds. The lowest BCUT2D eigenvalue weighted by molar-refractivity contribution is -0.152. The molecule has 0 bridgehead atoms. The van der Waals surface area contributed by atoms with Crippen LogP contribution in [0.4, 0.5) is 0 Å². The third-order valence-corrected chi connectivity index (χ3v) is 12.1. The van der Waals surface area contributed by atoms with Crippen LogP contribution in [-0.4, -0.2) is 117 Å². The second-order valence-corrected chi connectivity index (χ2v) is 17.1. The number of ketones is 2. The number of rotatable bonds is 26. The standard InChI is InChI=1S/C43H66N8O11/c1-5-24(4)30(38(57)48-22-26-16-27(17-26)41(60)51-15-7-9-34(51)42(61)62)20-36(54)33(18-25-10-12-28(52)13-11-25)50-39(58)29(23(2)3)19-35(53)32(8-6-14-47-43(45)46)49-40(59)31(44)21-37(55)56/h10-13,23-24,26-27,29-34,52H,5-9,14-22,44H2,1-4H3,(H,48,57)(H,49,59)(H,50,58)(H,55,56)(H,61,62)(H4,45,46,47)/t24?,26?,27?,29-,30-,31-,32-,33-,34-/m0/s1. The van der Waals surface area contributed by atoms with E-state index in [0.717, 1.165) is 0 Å². The normalized spacial score (nSPS) is 20.0. The van der Waals surface area contributed by atoms with E-state index in [1.54, 1.807) is 26.0 Å². The molecule has 1 aromatic carbocycles. The van der Waals surface area contributed by atoms with Crippen LogP contribution < -0.4 is 33.2 Å². The lowest BCUT2D eigenvalue weighted by Crippen LogP contribution is -2.51. The van der Waals surface area contributed by atoms with Gasteiger partial charge < -0.3 is 53.4 Å². The fourth-order valence-electron chi connectivity index (χ4n) is 7.96. The second kappa shape index (κ2) is 24.2. The summed E-state index contributed by atoms with van der Waals surface area (Å²) in [5.74, 6) is -8.11. The van der Waals surface area contributed by atoms with Crippen LogP contribution in [0.5, 0.6) is 5.75 Å². The van der Waals surface area contributed by atoms with Crippen LogP contribution in [0.1, 0.15) is 97.5 Å². The summed E-state index contributed by atoms with van der Waals surface area (Å²) in [7, 11) is 0. The molecule has 0 radical (unpaired) electrons. The maximum Gasteiger partial charge on any atom is 0.326 e. The molecule has 19 heteroatoms.